The van der Waals surface area contributed by atoms with Gasteiger partial charge in [-0.2, -0.15) is 0 Å². The minimum absolute atomic E-state index is 0.435. The molecule has 0 fully saturated rings. The van der Waals surface area contributed by atoms with Gasteiger partial charge in [0, 0.05) is 11.9 Å². The smallest absolute Gasteiger partial charge is 0.320 e. The minimum Gasteiger partial charge on any atom is -0.480 e. The van der Waals surface area contributed by atoms with Crippen LogP contribution in [0.25, 0.3) is 10.8 Å². The summed E-state index contributed by atoms with van der Waals surface area (Å²) < 4.78 is 5.23. The predicted molar refractivity (Wildman–Crippen MR) is 63.8 cm³/mol. The number of carbonyl (C=O) groups is 1. The number of nitrogens with one attached hydrogen (secondary N) is 1. The fourth-order valence-corrected chi connectivity index (χ4v) is 2.03. The van der Waals surface area contributed by atoms with Crippen molar-refractivity contribution in [3.63, 3.8) is 0 Å². The molecule has 0 aromatic carbocycles. The third-order valence-electron chi connectivity index (χ3n) is 2.24. The lowest BCUT2D eigenvalue weighted by molar-refractivity contribution is -0.139. The lowest BCUT2D eigenvalue weighted by Crippen LogP contribution is -2.33. The number of carboxylic acid groups (broad SMARTS) is 1. The van der Waals surface area contributed by atoms with E-state index >= 15 is 0 Å². The molecule has 2 N–H and O–H groups in total. The number of furan rings is 1. The molecule has 0 aliphatic carbocycles. The first-order chi connectivity index (χ1) is 8.16. The summed E-state index contributed by atoms with van der Waals surface area (Å²) >= 11 is 1.48. The molecular weight excluding hydrogens is 240 g/mol. The number of aliphatic carboxylic acids is 1. The monoisotopic (exact) mass is 252 g/mol. The van der Waals surface area contributed by atoms with Gasteiger partial charge < -0.3 is 9.52 Å². The van der Waals surface area contributed by atoms with E-state index in [4.69, 9.17) is 9.52 Å². The van der Waals surface area contributed by atoms with E-state index in [9.17, 15) is 4.79 Å². The van der Waals surface area contributed by atoms with Gasteiger partial charge in [-0.25, -0.2) is 4.98 Å². The third-order valence-corrected chi connectivity index (χ3v) is 3.15. The Kier molecular flexibility index (Phi) is 3.55. The molecule has 0 aliphatic heterocycles. The van der Waals surface area contributed by atoms with E-state index in [-0.39, 0.29) is 0 Å². The van der Waals surface area contributed by atoms with Crippen LogP contribution in [0.1, 0.15) is 12.6 Å². The van der Waals surface area contributed by atoms with E-state index in [2.05, 4.69) is 10.3 Å². The van der Waals surface area contributed by atoms with Gasteiger partial charge in [-0.1, -0.05) is 0 Å². The van der Waals surface area contributed by atoms with Crippen LogP contribution in [0.3, 0.4) is 0 Å². The number of carboxylic acids is 1. The molecule has 5 nitrogen and oxygen atoms in total. The zero-order valence-electron chi connectivity index (χ0n) is 9.21. The summed E-state index contributed by atoms with van der Waals surface area (Å²) in [6, 6.07) is 3.07. The minimum atomic E-state index is -0.869. The van der Waals surface area contributed by atoms with E-state index < -0.39 is 12.0 Å². The Hall–Kier alpha value is -1.66. The molecule has 2 aromatic rings. The van der Waals surface area contributed by atoms with Crippen molar-refractivity contribution in [1.82, 2.24) is 10.3 Å². The number of nitrogens with zero attached hydrogens (tertiary/aromatic N) is 1. The molecule has 2 rings (SSSR count). The molecular formula is C11H12N2O3S. The normalized spacial score (nSPS) is 12.5. The summed E-state index contributed by atoms with van der Waals surface area (Å²) in [5, 5.41) is 14.3. The van der Waals surface area contributed by atoms with Crippen LogP contribution in [0.4, 0.5) is 0 Å². The third kappa shape index (κ3) is 2.92. The van der Waals surface area contributed by atoms with Gasteiger partial charge in [0.15, 0.2) is 10.8 Å². The van der Waals surface area contributed by atoms with E-state index in [0.717, 1.165) is 16.5 Å². The molecule has 2 aromatic heterocycles. The van der Waals surface area contributed by atoms with Crippen LogP contribution in [0, 0.1) is 0 Å². The highest BCUT2D eigenvalue weighted by Crippen LogP contribution is 2.23. The molecule has 17 heavy (non-hydrogen) atoms. The maximum atomic E-state index is 10.6. The SMILES string of the molecule is CC(NCc1csc(-c2ccco2)n1)C(=O)O. The highest BCUT2D eigenvalue weighted by molar-refractivity contribution is 7.13. The van der Waals surface area contributed by atoms with Gasteiger partial charge in [-0.3, -0.25) is 10.1 Å². The molecule has 2 heterocycles. The van der Waals surface area contributed by atoms with Gasteiger partial charge in [0.2, 0.25) is 0 Å². The Bertz CT molecular complexity index is 493. The predicted octanol–water partition coefficient (Wildman–Crippen LogP) is 1.97. The van der Waals surface area contributed by atoms with E-state index in [0.29, 0.717) is 6.54 Å². The second-order valence-corrected chi connectivity index (χ2v) is 4.42. The Labute approximate surface area is 102 Å². The summed E-state index contributed by atoms with van der Waals surface area (Å²) in [6.45, 7) is 2.03. The van der Waals surface area contributed by atoms with Gasteiger partial charge in [0.1, 0.15) is 6.04 Å². The van der Waals surface area contributed by atoms with Crippen molar-refractivity contribution in [3.05, 3.63) is 29.5 Å². The maximum Gasteiger partial charge on any atom is 0.320 e. The highest BCUT2D eigenvalue weighted by atomic mass is 32.1. The van der Waals surface area contributed by atoms with Crippen molar-refractivity contribution in [2.75, 3.05) is 0 Å². The fraction of sp³-hybridized carbons (Fsp3) is 0.273. The molecule has 90 valence electrons. The Balaban J connectivity index is 1.97. The van der Waals surface area contributed by atoms with Crippen molar-refractivity contribution >= 4 is 17.3 Å². The van der Waals surface area contributed by atoms with Gasteiger partial charge in [-0.05, 0) is 19.1 Å². The maximum absolute atomic E-state index is 10.6. The summed E-state index contributed by atoms with van der Waals surface area (Å²) in [6.07, 6.45) is 1.60. The lowest BCUT2D eigenvalue weighted by atomic mass is 10.3. The standard InChI is InChI=1S/C11H12N2O3S/c1-7(11(14)15)12-5-8-6-17-10(13-8)9-3-2-4-16-9/h2-4,6-7,12H,5H2,1H3,(H,14,15). The molecule has 0 amide bonds. The fourth-order valence-electron chi connectivity index (χ4n) is 1.25. The van der Waals surface area contributed by atoms with Crippen LogP contribution in [0.5, 0.6) is 0 Å². The summed E-state index contributed by atoms with van der Waals surface area (Å²) in [7, 11) is 0. The number of hydrogen-bond donors (Lipinski definition) is 2. The van der Waals surface area contributed by atoms with Crippen molar-refractivity contribution in [2.24, 2.45) is 0 Å². The zero-order valence-corrected chi connectivity index (χ0v) is 10.0. The quantitative estimate of drug-likeness (QED) is 0.850. The molecule has 0 spiro atoms. The van der Waals surface area contributed by atoms with Crippen molar-refractivity contribution in [1.29, 1.82) is 0 Å². The average Bonchev–Trinajstić information content (AvgIpc) is 2.95. The van der Waals surface area contributed by atoms with Gasteiger partial charge >= 0.3 is 5.97 Å². The number of aromatic nitrogens is 1. The largest absolute Gasteiger partial charge is 0.480 e. The van der Waals surface area contributed by atoms with Crippen molar-refractivity contribution < 1.29 is 14.3 Å². The first kappa shape index (κ1) is 11.8. The number of rotatable bonds is 5. The van der Waals surface area contributed by atoms with E-state index in [1.54, 1.807) is 19.3 Å². The Morgan fingerprint density at radius 2 is 2.53 bits per heavy atom. The molecule has 6 heteroatoms. The molecule has 0 radical (unpaired) electrons. The summed E-state index contributed by atoms with van der Waals surface area (Å²) in [5.41, 5.74) is 0.814. The highest BCUT2D eigenvalue weighted by Gasteiger charge is 2.11. The summed E-state index contributed by atoms with van der Waals surface area (Å²) in [4.78, 5) is 15.0. The second kappa shape index (κ2) is 5.11. The van der Waals surface area contributed by atoms with Crippen molar-refractivity contribution in [3.8, 4) is 10.8 Å². The van der Waals surface area contributed by atoms with Gasteiger partial charge in [-0.15, -0.1) is 11.3 Å². The van der Waals surface area contributed by atoms with Gasteiger partial charge in [0.05, 0.1) is 12.0 Å². The van der Waals surface area contributed by atoms with Crippen LogP contribution in [0.2, 0.25) is 0 Å². The number of hydrogen-bond acceptors (Lipinski definition) is 5. The van der Waals surface area contributed by atoms with Crippen LogP contribution >= 0.6 is 11.3 Å². The molecule has 0 saturated carbocycles. The topological polar surface area (TPSA) is 75.4 Å². The molecule has 0 aliphatic rings. The molecule has 0 bridgehead atoms. The van der Waals surface area contributed by atoms with Gasteiger partial charge in [0.25, 0.3) is 0 Å². The van der Waals surface area contributed by atoms with Crippen LogP contribution < -0.4 is 5.32 Å². The second-order valence-electron chi connectivity index (χ2n) is 3.56. The zero-order chi connectivity index (χ0) is 12.3. The molecule has 1 unspecified atom stereocenters. The number of thiazole rings is 1. The lowest BCUT2D eigenvalue weighted by Gasteiger charge is -2.06. The van der Waals surface area contributed by atoms with Crippen LogP contribution in [-0.2, 0) is 11.3 Å². The molecule has 1 atom stereocenters. The Morgan fingerprint density at radius 1 is 1.71 bits per heavy atom. The average molecular weight is 252 g/mol. The summed E-state index contributed by atoms with van der Waals surface area (Å²) in [5.74, 6) is -0.140. The van der Waals surface area contributed by atoms with Crippen molar-refractivity contribution in [2.45, 2.75) is 19.5 Å². The Morgan fingerprint density at radius 3 is 3.18 bits per heavy atom. The van der Waals surface area contributed by atoms with Crippen LogP contribution in [0.15, 0.2) is 28.2 Å². The van der Waals surface area contributed by atoms with E-state index in [1.165, 1.54) is 11.3 Å². The van der Waals surface area contributed by atoms with Crippen LogP contribution in [-0.4, -0.2) is 22.1 Å². The first-order valence-corrected chi connectivity index (χ1v) is 5.99. The van der Waals surface area contributed by atoms with E-state index in [1.807, 2.05) is 11.4 Å². The molecule has 0 saturated heterocycles. The first-order valence-electron chi connectivity index (χ1n) is 5.11.